The van der Waals surface area contributed by atoms with Crippen molar-refractivity contribution in [2.45, 2.75) is 12.8 Å². The van der Waals surface area contributed by atoms with E-state index in [9.17, 15) is 4.79 Å². The molecule has 0 spiro atoms. The van der Waals surface area contributed by atoms with Gasteiger partial charge in [0.05, 0.1) is 23.9 Å². The van der Waals surface area contributed by atoms with Gasteiger partial charge < -0.3 is 19.4 Å². The van der Waals surface area contributed by atoms with E-state index in [0.717, 1.165) is 68.7 Å². The Hall–Kier alpha value is -2.41. The summed E-state index contributed by atoms with van der Waals surface area (Å²) in [5.74, 6) is 1.09. The molecule has 2 aromatic rings. The highest BCUT2D eigenvalue weighted by Crippen LogP contribution is 2.27. The lowest BCUT2D eigenvalue weighted by Crippen LogP contribution is -2.52. The summed E-state index contributed by atoms with van der Waals surface area (Å²) >= 11 is 0. The van der Waals surface area contributed by atoms with Crippen LogP contribution in [0, 0.1) is 5.92 Å². The molecule has 0 bridgehead atoms. The summed E-state index contributed by atoms with van der Waals surface area (Å²) in [5, 5.41) is 0.918. The van der Waals surface area contributed by atoms with Crippen LogP contribution < -0.4 is 9.64 Å². The monoisotopic (exact) mass is 369 g/mol. The van der Waals surface area contributed by atoms with Crippen LogP contribution in [-0.2, 0) is 4.79 Å². The van der Waals surface area contributed by atoms with Gasteiger partial charge in [0.2, 0.25) is 11.8 Å². The van der Waals surface area contributed by atoms with E-state index in [1.807, 2.05) is 11.0 Å². The highest BCUT2D eigenvalue weighted by Gasteiger charge is 2.30. The van der Waals surface area contributed by atoms with Crippen LogP contribution in [0.2, 0.25) is 0 Å². The van der Waals surface area contributed by atoms with Gasteiger partial charge in [0.15, 0.2) is 0 Å². The second-order valence-electron chi connectivity index (χ2n) is 7.50. The third-order valence-electron chi connectivity index (χ3n) is 5.71. The van der Waals surface area contributed by atoms with Gasteiger partial charge in [-0.05, 0) is 44.6 Å². The molecule has 1 unspecified atom stereocenters. The third-order valence-corrected chi connectivity index (χ3v) is 5.71. The molecule has 144 valence electrons. The van der Waals surface area contributed by atoms with E-state index in [2.05, 4.69) is 38.9 Å². The van der Waals surface area contributed by atoms with Crippen molar-refractivity contribution in [3.63, 3.8) is 0 Å². The van der Waals surface area contributed by atoms with Crippen molar-refractivity contribution < 1.29 is 9.53 Å². The number of nitrogens with zero attached hydrogens (tertiary/aromatic N) is 5. The molecule has 2 fully saturated rings. The Morgan fingerprint density at radius 1 is 1.15 bits per heavy atom. The second kappa shape index (κ2) is 7.68. The van der Waals surface area contributed by atoms with Crippen molar-refractivity contribution in [1.82, 2.24) is 19.8 Å². The molecule has 2 aliphatic rings. The molecule has 1 atom stereocenters. The van der Waals surface area contributed by atoms with Crippen molar-refractivity contribution in [1.29, 1.82) is 0 Å². The lowest BCUT2D eigenvalue weighted by molar-refractivity contribution is -0.137. The van der Waals surface area contributed by atoms with Crippen LogP contribution in [0.3, 0.4) is 0 Å². The third kappa shape index (κ3) is 3.69. The highest BCUT2D eigenvalue weighted by atomic mass is 16.5. The zero-order chi connectivity index (χ0) is 18.8. The van der Waals surface area contributed by atoms with E-state index >= 15 is 0 Å². The maximum absolute atomic E-state index is 12.8. The standard InChI is InChI=1S/C20H27N5O2/c1-23-7-3-4-15(13-23)20(26)25-10-8-24(9-11-25)16-5-6-18-17(12-16)19(27-2)22-14-21-18/h5-6,12,14-15H,3-4,7-11,13H2,1-2H3. The Morgan fingerprint density at radius 3 is 2.70 bits per heavy atom. The first-order chi connectivity index (χ1) is 13.2. The SMILES string of the molecule is COc1ncnc2ccc(N3CCN(C(=O)C4CCCN(C)C4)CC3)cc12. The molecule has 4 rings (SSSR count). The fourth-order valence-corrected chi connectivity index (χ4v) is 4.19. The van der Waals surface area contributed by atoms with Crippen LogP contribution in [0.1, 0.15) is 12.8 Å². The van der Waals surface area contributed by atoms with Crippen LogP contribution in [0.4, 0.5) is 5.69 Å². The van der Waals surface area contributed by atoms with E-state index in [0.29, 0.717) is 11.8 Å². The number of carbonyl (C=O) groups is 1. The van der Waals surface area contributed by atoms with E-state index < -0.39 is 0 Å². The molecule has 0 aliphatic carbocycles. The zero-order valence-electron chi connectivity index (χ0n) is 16.1. The molecule has 1 amide bonds. The molecule has 2 saturated heterocycles. The summed E-state index contributed by atoms with van der Waals surface area (Å²) in [7, 11) is 3.73. The lowest BCUT2D eigenvalue weighted by atomic mass is 9.96. The van der Waals surface area contributed by atoms with Gasteiger partial charge in [0, 0.05) is 38.4 Å². The number of piperidine rings is 1. The van der Waals surface area contributed by atoms with E-state index in [4.69, 9.17) is 4.74 Å². The highest BCUT2D eigenvalue weighted by molar-refractivity contribution is 5.86. The van der Waals surface area contributed by atoms with Crippen molar-refractivity contribution in [3.8, 4) is 5.88 Å². The molecule has 3 heterocycles. The number of rotatable bonds is 3. The molecule has 0 N–H and O–H groups in total. The van der Waals surface area contributed by atoms with Gasteiger partial charge in [0.1, 0.15) is 6.33 Å². The molecule has 27 heavy (non-hydrogen) atoms. The van der Waals surface area contributed by atoms with Crippen molar-refractivity contribution in [2.24, 2.45) is 5.92 Å². The van der Waals surface area contributed by atoms with E-state index in [1.54, 1.807) is 7.11 Å². The van der Waals surface area contributed by atoms with Crippen molar-refractivity contribution >= 4 is 22.5 Å². The maximum Gasteiger partial charge on any atom is 0.227 e. The van der Waals surface area contributed by atoms with E-state index in [-0.39, 0.29) is 5.92 Å². The largest absolute Gasteiger partial charge is 0.480 e. The zero-order valence-corrected chi connectivity index (χ0v) is 16.1. The number of hydrogen-bond donors (Lipinski definition) is 0. The minimum atomic E-state index is 0.164. The number of anilines is 1. The first kappa shape index (κ1) is 18.0. The van der Waals surface area contributed by atoms with Crippen LogP contribution >= 0.6 is 0 Å². The molecule has 7 heteroatoms. The van der Waals surface area contributed by atoms with Gasteiger partial charge in [-0.1, -0.05) is 0 Å². The minimum absolute atomic E-state index is 0.164. The van der Waals surface area contributed by atoms with Gasteiger partial charge in [-0.15, -0.1) is 0 Å². The number of carbonyl (C=O) groups excluding carboxylic acids is 1. The van der Waals surface area contributed by atoms with Crippen molar-refractivity contribution in [2.75, 3.05) is 58.3 Å². The van der Waals surface area contributed by atoms with Crippen LogP contribution in [0.15, 0.2) is 24.5 Å². The first-order valence-electron chi connectivity index (χ1n) is 9.67. The average Bonchev–Trinajstić information content (AvgIpc) is 2.72. The molecular formula is C20H27N5O2. The number of likely N-dealkylation sites (tertiary alicyclic amines) is 1. The molecule has 7 nitrogen and oxygen atoms in total. The number of hydrogen-bond acceptors (Lipinski definition) is 6. The van der Waals surface area contributed by atoms with E-state index in [1.165, 1.54) is 6.33 Å². The van der Waals surface area contributed by atoms with Crippen LogP contribution in [0.25, 0.3) is 10.9 Å². The summed E-state index contributed by atoms with van der Waals surface area (Å²) in [4.78, 5) is 28.0. The van der Waals surface area contributed by atoms with Gasteiger partial charge in [-0.2, -0.15) is 0 Å². The molecule has 1 aromatic heterocycles. The number of ether oxygens (including phenoxy) is 1. The molecular weight excluding hydrogens is 342 g/mol. The lowest BCUT2D eigenvalue weighted by Gasteiger charge is -2.39. The van der Waals surface area contributed by atoms with Crippen LogP contribution in [0.5, 0.6) is 5.88 Å². The molecule has 0 saturated carbocycles. The summed E-state index contributed by atoms with van der Waals surface area (Å²) in [6.07, 6.45) is 3.66. The first-order valence-corrected chi connectivity index (χ1v) is 9.67. The maximum atomic E-state index is 12.8. The van der Waals surface area contributed by atoms with Gasteiger partial charge in [-0.3, -0.25) is 4.79 Å². The Labute approximate surface area is 159 Å². The topological polar surface area (TPSA) is 61.8 Å². The van der Waals surface area contributed by atoms with Gasteiger partial charge >= 0.3 is 0 Å². The summed E-state index contributed by atoms with van der Waals surface area (Å²) in [5.41, 5.74) is 2.00. The summed E-state index contributed by atoms with van der Waals surface area (Å²) in [6, 6.07) is 6.17. The van der Waals surface area contributed by atoms with Crippen LogP contribution in [-0.4, -0.2) is 79.1 Å². The Morgan fingerprint density at radius 2 is 1.96 bits per heavy atom. The summed E-state index contributed by atoms with van der Waals surface area (Å²) in [6.45, 7) is 5.24. The number of benzene rings is 1. The van der Waals surface area contributed by atoms with Crippen molar-refractivity contribution in [3.05, 3.63) is 24.5 Å². The number of fused-ring (bicyclic) bond motifs is 1. The number of aromatic nitrogens is 2. The Balaban J connectivity index is 1.43. The Kier molecular flexibility index (Phi) is 5.11. The molecule has 1 aromatic carbocycles. The minimum Gasteiger partial charge on any atom is -0.480 e. The fraction of sp³-hybridized carbons (Fsp3) is 0.550. The average molecular weight is 369 g/mol. The Bertz CT molecular complexity index is 819. The number of piperazine rings is 1. The fourth-order valence-electron chi connectivity index (χ4n) is 4.19. The quantitative estimate of drug-likeness (QED) is 0.820. The van der Waals surface area contributed by atoms with Gasteiger partial charge in [0.25, 0.3) is 0 Å². The number of amides is 1. The number of methoxy groups -OCH3 is 1. The normalized spacial score (nSPS) is 21.5. The van der Waals surface area contributed by atoms with Gasteiger partial charge in [-0.25, -0.2) is 9.97 Å². The smallest absolute Gasteiger partial charge is 0.227 e. The molecule has 0 radical (unpaired) electrons. The predicted molar refractivity (Wildman–Crippen MR) is 105 cm³/mol. The molecule has 2 aliphatic heterocycles. The predicted octanol–water partition coefficient (Wildman–Crippen LogP) is 1.63. The second-order valence-corrected chi connectivity index (χ2v) is 7.50. The summed E-state index contributed by atoms with van der Waals surface area (Å²) < 4.78 is 5.37.